The Morgan fingerprint density at radius 1 is 1.14 bits per heavy atom. The number of piperidine rings is 1. The van der Waals surface area contributed by atoms with Crippen LogP contribution in [0.15, 0.2) is 49.0 Å². The molecule has 0 atom stereocenters. The molecule has 140 valence electrons. The Hall–Kier alpha value is -3.32. The first kappa shape index (κ1) is 18.1. The maximum absolute atomic E-state index is 10.6. The number of nitriles is 1. The quantitative estimate of drug-likeness (QED) is 0.610. The van der Waals surface area contributed by atoms with Gasteiger partial charge in [0.05, 0.1) is 22.7 Å². The topological polar surface area (TPSA) is 60.1 Å². The zero-order chi connectivity index (χ0) is 19.7. The van der Waals surface area contributed by atoms with Crippen LogP contribution >= 0.6 is 0 Å². The predicted octanol–water partition coefficient (Wildman–Crippen LogP) is 5.60. The molecule has 0 radical (unpaired) electrons. The summed E-state index contributed by atoms with van der Waals surface area (Å²) in [7, 11) is 0. The fourth-order valence-corrected chi connectivity index (χ4v) is 4.10. The summed E-state index contributed by atoms with van der Waals surface area (Å²) in [4.78, 5) is 7.23. The molecule has 1 aliphatic rings. The van der Waals surface area contributed by atoms with Crippen molar-refractivity contribution < 1.29 is 5.11 Å². The summed E-state index contributed by atoms with van der Waals surface area (Å²) >= 11 is 0. The standard InChI is InChI=1S/C24H23N3O/c1-16-13-18(15-25)14-20-22(19-9-5-3-6-10-19)21(17(2)28)24(26-23(16)20)27-11-7-4-8-12-27/h3,5-6,9-10,13-14,28H,2,4,7-8,11-12H2,1H3. The Labute approximate surface area is 165 Å². The monoisotopic (exact) mass is 369 g/mol. The van der Waals surface area contributed by atoms with Gasteiger partial charge in [-0.3, -0.25) is 0 Å². The molecule has 3 aromatic rings. The summed E-state index contributed by atoms with van der Waals surface area (Å²) in [6.45, 7) is 7.69. The highest BCUT2D eigenvalue weighted by atomic mass is 16.3. The van der Waals surface area contributed by atoms with Crippen molar-refractivity contribution in [2.75, 3.05) is 18.0 Å². The summed E-state index contributed by atoms with van der Waals surface area (Å²) in [5.41, 5.74) is 4.94. The lowest BCUT2D eigenvalue weighted by Gasteiger charge is -2.31. The number of hydrogen-bond acceptors (Lipinski definition) is 4. The third-order valence-electron chi connectivity index (χ3n) is 5.40. The van der Waals surface area contributed by atoms with Crippen LogP contribution < -0.4 is 4.90 Å². The van der Waals surface area contributed by atoms with Gasteiger partial charge in [-0.1, -0.05) is 36.9 Å². The molecular formula is C24H23N3O. The summed E-state index contributed by atoms with van der Waals surface area (Å²) in [6.07, 6.45) is 3.45. The second kappa shape index (κ2) is 7.36. The maximum atomic E-state index is 10.6. The van der Waals surface area contributed by atoms with Gasteiger partial charge in [-0.05, 0) is 49.4 Å². The number of pyridine rings is 1. The van der Waals surface area contributed by atoms with E-state index in [2.05, 4.69) is 17.5 Å². The van der Waals surface area contributed by atoms with Crippen LogP contribution in [0, 0.1) is 18.3 Å². The highest BCUT2D eigenvalue weighted by Gasteiger charge is 2.24. The van der Waals surface area contributed by atoms with Crippen molar-refractivity contribution in [1.82, 2.24) is 4.98 Å². The first-order valence-electron chi connectivity index (χ1n) is 9.67. The van der Waals surface area contributed by atoms with E-state index in [1.165, 1.54) is 6.42 Å². The number of anilines is 1. The van der Waals surface area contributed by atoms with Crippen LogP contribution in [-0.4, -0.2) is 23.2 Å². The van der Waals surface area contributed by atoms with Gasteiger partial charge in [-0.25, -0.2) is 4.98 Å². The molecule has 1 N–H and O–H groups in total. The van der Waals surface area contributed by atoms with E-state index < -0.39 is 0 Å². The molecule has 0 amide bonds. The molecule has 1 aromatic heterocycles. The molecule has 4 rings (SSSR count). The van der Waals surface area contributed by atoms with Crippen LogP contribution in [0.25, 0.3) is 27.8 Å². The van der Waals surface area contributed by atoms with E-state index in [4.69, 9.17) is 4.98 Å². The number of rotatable bonds is 3. The molecule has 0 spiro atoms. The maximum Gasteiger partial charge on any atom is 0.140 e. The van der Waals surface area contributed by atoms with Gasteiger partial charge in [0.1, 0.15) is 11.6 Å². The molecule has 2 aromatic carbocycles. The van der Waals surface area contributed by atoms with Crippen molar-refractivity contribution in [2.45, 2.75) is 26.2 Å². The highest BCUT2D eigenvalue weighted by molar-refractivity contribution is 6.04. The van der Waals surface area contributed by atoms with Crippen molar-refractivity contribution in [1.29, 1.82) is 5.26 Å². The van der Waals surface area contributed by atoms with E-state index in [0.29, 0.717) is 11.1 Å². The van der Waals surface area contributed by atoms with Crippen molar-refractivity contribution in [2.24, 2.45) is 0 Å². The Balaban J connectivity index is 2.13. The van der Waals surface area contributed by atoms with Crippen LogP contribution in [-0.2, 0) is 0 Å². The number of fused-ring (bicyclic) bond motifs is 1. The minimum Gasteiger partial charge on any atom is -0.508 e. The van der Waals surface area contributed by atoms with Crippen molar-refractivity contribution in [3.63, 3.8) is 0 Å². The largest absolute Gasteiger partial charge is 0.508 e. The fraction of sp³-hybridized carbons (Fsp3) is 0.250. The molecule has 28 heavy (non-hydrogen) atoms. The minimum absolute atomic E-state index is 0.00819. The van der Waals surface area contributed by atoms with Crippen LogP contribution in [0.1, 0.15) is 36.0 Å². The fourth-order valence-electron chi connectivity index (χ4n) is 4.10. The Bertz CT molecular complexity index is 1090. The predicted molar refractivity (Wildman–Crippen MR) is 114 cm³/mol. The lowest BCUT2D eigenvalue weighted by molar-refractivity contribution is 0.512. The van der Waals surface area contributed by atoms with Gasteiger partial charge >= 0.3 is 0 Å². The molecule has 4 nitrogen and oxygen atoms in total. The van der Waals surface area contributed by atoms with Gasteiger partial charge in [-0.15, -0.1) is 0 Å². The third kappa shape index (κ3) is 3.10. The zero-order valence-corrected chi connectivity index (χ0v) is 16.1. The average Bonchev–Trinajstić information content (AvgIpc) is 2.73. The van der Waals surface area contributed by atoms with Crippen LogP contribution in [0.5, 0.6) is 0 Å². The molecule has 0 aliphatic carbocycles. The molecule has 0 unspecified atom stereocenters. The number of aromatic nitrogens is 1. The number of aliphatic hydroxyl groups is 1. The second-order valence-electron chi connectivity index (χ2n) is 7.35. The number of aliphatic hydroxyl groups excluding tert-OH is 1. The third-order valence-corrected chi connectivity index (χ3v) is 5.40. The molecule has 4 heteroatoms. The number of benzene rings is 2. The zero-order valence-electron chi connectivity index (χ0n) is 16.1. The van der Waals surface area contributed by atoms with Gasteiger partial charge in [-0.2, -0.15) is 5.26 Å². The molecule has 0 saturated carbocycles. The average molecular weight is 369 g/mol. The van der Waals surface area contributed by atoms with Gasteiger partial charge < -0.3 is 10.0 Å². The van der Waals surface area contributed by atoms with Crippen LogP contribution in [0.3, 0.4) is 0 Å². The van der Waals surface area contributed by atoms with Gasteiger partial charge in [0, 0.05) is 24.0 Å². The van der Waals surface area contributed by atoms with Crippen LogP contribution in [0.2, 0.25) is 0 Å². The lowest BCUT2D eigenvalue weighted by atomic mass is 9.92. The number of aryl methyl sites for hydroxylation is 1. The Kier molecular flexibility index (Phi) is 4.75. The minimum atomic E-state index is 0.00819. The molecule has 1 aliphatic heterocycles. The van der Waals surface area contributed by atoms with E-state index in [1.807, 2.05) is 49.4 Å². The number of nitrogens with zero attached hydrogens (tertiary/aromatic N) is 3. The Morgan fingerprint density at radius 3 is 2.50 bits per heavy atom. The SMILES string of the molecule is C=C(O)c1c(N2CCCCC2)nc2c(C)cc(C#N)cc2c1-c1ccccc1. The summed E-state index contributed by atoms with van der Waals surface area (Å²) in [5.74, 6) is 0.792. The van der Waals surface area contributed by atoms with Crippen molar-refractivity contribution in [3.8, 4) is 17.2 Å². The molecule has 0 bridgehead atoms. The highest BCUT2D eigenvalue weighted by Crippen LogP contribution is 2.41. The lowest BCUT2D eigenvalue weighted by Crippen LogP contribution is -2.31. The van der Waals surface area contributed by atoms with Gasteiger partial charge in [0.2, 0.25) is 0 Å². The summed E-state index contributed by atoms with van der Waals surface area (Å²) in [5, 5.41) is 20.9. The molecule has 1 fully saturated rings. The smallest absolute Gasteiger partial charge is 0.140 e. The molecule has 2 heterocycles. The van der Waals surface area contributed by atoms with Crippen molar-refractivity contribution in [3.05, 3.63) is 65.7 Å². The van der Waals surface area contributed by atoms with E-state index >= 15 is 0 Å². The second-order valence-corrected chi connectivity index (χ2v) is 7.35. The molecule has 1 saturated heterocycles. The van der Waals surface area contributed by atoms with Crippen molar-refractivity contribution >= 4 is 22.5 Å². The summed E-state index contributed by atoms with van der Waals surface area (Å²) < 4.78 is 0. The number of hydrogen-bond donors (Lipinski definition) is 1. The summed E-state index contributed by atoms with van der Waals surface area (Å²) in [6, 6.07) is 16.0. The van der Waals surface area contributed by atoms with Crippen LogP contribution in [0.4, 0.5) is 5.82 Å². The van der Waals surface area contributed by atoms with E-state index in [1.54, 1.807) is 0 Å². The van der Waals surface area contributed by atoms with Gasteiger partial charge in [0.15, 0.2) is 0 Å². The normalized spacial score (nSPS) is 14.1. The Morgan fingerprint density at radius 2 is 1.86 bits per heavy atom. The first-order valence-corrected chi connectivity index (χ1v) is 9.67. The van der Waals surface area contributed by atoms with E-state index in [-0.39, 0.29) is 5.76 Å². The van der Waals surface area contributed by atoms with Gasteiger partial charge in [0.25, 0.3) is 0 Å². The van der Waals surface area contributed by atoms with E-state index in [9.17, 15) is 10.4 Å². The molecular weight excluding hydrogens is 346 g/mol. The van der Waals surface area contributed by atoms with E-state index in [0.717, 1.165) is 59.3 Å². The first-order chi connectivity index (χ1) is 13.6.